The molecule has 174 valence electrons. The van der Waals surface area contributed by atoms with Crippen LogP contribution in [0, 0.1) is 17.1 Å². The van der Waals surface area contributed by atoms with Crippen LogP contribution in [-0.4, -0.2) is 21.9 Å². The minimum absolute atomic E-state index is 0.114. The third-order valence-electron chi connectivity index (χ3n) is 4.84. The van der Waals surface area contributed by atoms with Gasteiger partial charge in [-0.2, -0.15) is 10.2 Å². The van der Waals surface area contributed by atoms with Gasteiger partial charge in [0.1, 0.15) is 40.2 Å². The number of nitrogens with one attached hydrogen (secondary N) is 1. The molecule has 0 fully saturated rings. The highest BCUT2D eigenvalue weighted by molar-refractivity contribution is 6.09. The zero-order valence-electron chi connectivity index (χ0n) is 18.6. The molecule has 0 saturated heterocycles. The Balaban J connectivity index is 1.72. The number of carbonyl (C=O) groups is 1. The number of rotatable bonds is 7. The zero-order valence-corrected chi connectivity index (χ0v) is 18.6. The van der Waals surface area contributed by atoms with Gasteiger partial charge in [-0.05, 0) is 73.7 Å². The first-order valence-corrected chi connectivity index (χ1v) is 10.6. The molecule has 0 radical (unpaired) electrons. The van der Waals surface area contributed by atoms with Crippen molar-refractivity contribution in [1.82, 2.24) is 9.38 Å². The highest BCUT2D eigenvalue weighted by atomic mass is 19.1. The monoisotopic (exact) mass is 470 g/mol. The zero-order chi connectivity index (χ0) is 24.8. The number of fused-ring (bicyclic) bond motifs is 1. The van der Waals surface area contributed by atoms with Crippen molar-refractivity contribution in [2.75, 3.05) is 11.9 Å². The van der Waals surface area contributed by atoms with Crippen molar-refractivity contribution in [3.63, 3.8) is 0 Å². The highest BCUT2D eigenvalue weighted by Gasteiger charge is 2.17. The van der Waals surface area contributed by atoms with Gasteiger partial charge in [0.05, 0.1) is 6.61 Å². The molecule has 0 aliphatic rings. The third kappa shape index (κ3) is 5.34. The van der Waals surface area contributed by atoms with Gasteiger partial charge in [0.2, 0.25) is 5.88 Å². The summed E-state index contributed by atoms with van der Waals surface area (Å²) in [5.74, 6) is -0.442. The lowest BCUT2D eigenvalue weighted by molar-refractivity contribution is -0.112. The molecule has 0 aliphatic carbocycles. The van der Waals surface area contributed by atoms with Crippen LogP contribution in [0.25, 0.3) is 11.7 Å². The van der Waals surface area contributed by atoms with Crippen LogP contribution in [0.5, 0.6) is 17.4 Å². The molecule has 0 saturated carbocycles. The summed E-state index contributed by atoms with van der Waals surface area (Å²) in [7, 11) is 0. The van der Waals surface area contributed by atoms with Crippen LogP contribution in [0.2, 0.25) is 0 Å². The van der Waals surface area contributed by atoms with E-state index >= 15 is 0 Å². The second-order valence-electron chi connectivity index (χ2n) is 7.20. The van der Waals surface area contributed by atoms with Gasteiger partial charge < -0.3 is 14.8 Å². The second-order valence-corrected chi connectivity index (χ2v) is 7.20. The normalized spacial score (nSPS) is 11.1. The van der Waals surface area contributed by atoms with Crippen LogP contribution in [-0.2, 0) is 4.79 Å². The second kappa shape index (κ2) is 10.3. The Morgan fingerprint density at radius 3 is 2.51 bits per heavy atom. The number of pyridine rings is 1. The van der Waals surface area contributed by atoms with E-state index in [1.54, 1.807) is 42.5 Å². The number of amides is 1. The van der Waals surface area contributed by atoms with Crippen LogP contribution in [0.4, 0.5) is 10.1 Å². The first kappa shape index (κ1) is 23.2. The number of halogens is 1. The SMILES string of the molecule is CCOc1ccc(NC(=O)/C(C#N)=C/c2c(Oc3ccc(F)cc3)nc3ccccn3c2=O)cc1. The highest BCUT2D eigenvalue weighted by Crippen LogP contribution is 2.24. The Kier molecular flexibility index (Phi) is 6.83. The lowest BCUT2D eigenvalue weighted by Crippen LogP contribution is -2.20. The van der Waals surface area contributed by atoms with Crippen LogP contribution in [0.3, 0.4) is 0 Å². The summed E-state index contributed by atoms with van der Waals surface area (Å²) in [5, 5.41) is 12.3. The number of hydrogen-bond donors (Lipinski definition) is 1. The summed E-state index contributed by atoms with van der Waals surface area (Å²) in [4.78, 5) is 30.4. The van der Waals surface area contributed by atoms with Gasteiger partial charge in [-0.1, -0.05) is 6.07 Å². The molecule has 0 unspecified atom stereocenters. The first-order chi connectivity index (χ1) is 17.0. The van der Waals surface area contributed by atoms with Crippen molar-refractivity contribution in [1.29, 1.82) is 5.26 Å². The maximum atomic E-state index is 13.3. The van der Waals surface area contributed by atoms with Gasteiger partial charge in [-0.3, -0.25) is 14.0 Å². The molecule has 0 spiro atoms. The molecule has 2 aromatic carbocycles. The molecule has 0 atom stereocenters. The summed E-state index contributed by atoms with van der Waals surface area (Å²) < 4.78 is 25.7. The Morgan fingerprint density at radius 1 is 1.11 bits per heavy atom. The minimum atomic E-state index is -0.720. The number of nitriles is 1. The average molecular weight is 470 g/mol. The van der Waals surface area contributed by atoms with Crippen molar-refractivity contribution in [2.24, 2.45) is 0 Å². The van der Waals surface area contributed by atoms with E-state index in [1.807, 2.05) is 13.0 Å². The van der Waals surface area contributed by atoms with E-state index in [0.29, 0.717) is 23.7 Å². The molecular formula is C26H19FN4O4. The number of aromatic nitrogens is 2. The van der Waals surface area contributed by atoms with Gasteiger partial charge in [-0.15, -0.1) is 0 Å². The van der Waals surface area contributed by atoms with Crippen molar-refractivity contribution >= 4 is 23.3 Å². The standard InChI is InChI=1S/C26H19FN4O4/c1-2-34-20-12-8-19(9-13-20)29-24(32)17(16-28)15-22-25(35-21-10-6-18(27)7-11-21)30-23-5-3-4-14-31(23)26(22)33/h3-15H,2H2,1H3,(H,29,32)/b17-15+. The van der Waals surface area contributed by atoms with Gasteiger partial charge in [0.15, 0.2) is 0 Å². The number of nitrogens with zero attached hydrogens (tertiary/aromatic N) is 3. The van der Waals surface area contributed by atoms with Crippen LogP contribution in [0.15, 0.2) is 83.3 Å². The average Bonchev–Trinajstić information content (AvgIpc) is 2.86. The predicted molar refractivity (Wildman–Crippen MR) is 128 cm³/mol. The van der Waals surface area contributed by atoms with Crippen molar-refractivity contribution in [3.05, 3.63) is 100 Å². The minimum Gasteiger partial charge on any atom is -0.494 e. The lowest BCUT2D eigenvalue weighted by atomic mass is 10.1. The third-order valence-corrected chi connectivity index (χ3v) is 4.84. The number of hydrogen-bond acceptors (Lipinski definition) is 6. The largest absolute Gasteiger partial charge is 0.494 e. The molecule has 0 aliphatic heterocycles. The maximum absolute atomic E-state index is 13.3. The van der Waals surface area contributed by atoms with Gasteiger partial charge in [0.25, 0.3) is 11.5 Å². The molecule has 2 aromatic heterocycles. The Hall–Kier alpha value is -4.97. The fraction of sp³-hybridized carbons (Fsp3) is 0.0769. The summed E-state index contributed by atoms with van der Waals surface area (Å²) in [6, 6.07) is 18.6. The van der Waals surface area contributed by atoms with Gasteiger partial charge in [0, 0.05) is 11.9 Å². The first-order valence-electron chi connectivity index (χ1n) is 10.6. The maximum Gasteiger partial charge on any atom is 0.269 e. The fourth-order valence-electron chi connectivity index (χ4n) is 3.19. The molecule has 0 bridgehead atoms. The van der Waals surface area contributed by atoms with Crippen molar-refractivity contribution in [3.8, 4) is 23.4 Å². The molecule has 1 amide bonds. The number of carbonyl (C=O) groups excluding carboxylic acids is 1. The summed E-state index contributed by atoms with van der Waals surface area (Å²) in [6.45, 7) is 2.36. The van der Waals surface area contributed by atoms with Gasteiger partial charge in [-0.25, -0.2) is 4.39 Å². The van der Waals surface area contributed by atoms with Gasteiger partial charge >= 0.3 is 0 Å². The van der Waals surface area contributed by atoms with E-state index in [1.165, 1.54) is 34.9 Å². The van der Waals surface area contributed by atoms with Crippen LogP contribution in [0.1, 0.15) is 12.5 Å². The molecule has 1 N–H and O–H groups in total. The number of anilines is 1. The molecule has 9 heteroatoms. The molecule has 8 nitrogen and oxygen atoms in total. The van der Waals surface area contributed by atoms with E-state index in [9.17, 15) is 19.2 Å². The van der Waals surface area contributed by atoms with E-state index in [0.717, 1.165) is 6.08 Å². The quantitative estimate of drug-likeness (QED) is 0.313. The van der Waals surface area contributed by atoms with Crippen LogP contribution < -0.4 is 20.3 Å². The lowest BCUT2D eigenvalue weighted by Gasteiger charge is -2.10. The molecule has 2 heterocycles. The molecular weight excluding hydrogens is 451 g/mol. The van der Waals surface area contributed by atoms with Crippen LogP contribution >= 0.6 is 0 Å². The summed E-state index contributed by atoms with van der Waals surface area (Å²) in [6.07, 6.45) is 2.63. The molecule has 4 rings (SSSR count). The van der Waals surface area contributed by atoms with E-state index in [2.05, 4.69) is 10.3 Å². The molecule has 35 heavy (non-hydrogen) atoms. The Morgan fingerprint density at radius 2 is 1.83 bits per heavy atom. The fourth-order valence-corrected chi connectivity index (χ4v) is 3.19. The summed E-state index contributed by atoms with van der Waals surface area (Å²) >= 11 is 0. The van der Waals surface area contributed by atoms with Crippen molar-refractivity contribution in [2.45, 2.75) is 6.92 Å². The summed E-state index contributed by atoms with van der Waals surface area (Å²) in [5.41, 5.74) is -0.261. The van der Waals surface area contributed by atoms with E-state index in [-0.39, 0.29) is 22.8 Å². The Labute approximate surface area is 199 Å². The van der Waals surface area contributed by atoms with E-state index in [4.69, 9.17) is 9.47 Å². The predicted octanol–water partition coefficient (Wildman–Crippen LogP) is 4.57. The smallest absolute Gasteiger partial charge is 0.269 e. The number of benzene rings is 2. The van der Waals surface area contributed by atoms with E-state index < -0.39 is 17.3 Å². The molecule has 4 aromatic rings. The van der Waals surface area contributed by atoms with Crippen molar-refractivity contribution < 1.29 is 18.7 Å². The Bertz CT molecular complexity index is 1500. The number of ether oxygens (including phenoxy) is 2. The topological polar surface area (TPSA) is 106 Å².